The molecule has 2 rings (SSSR count). The number of nitrogens with one attached hydrogen (secondary N) is 1. The predicted octanol–water partition coefficient (Wildman–Crippen LogP) is 2.09. The van der Waals surface area contributed by atoms with Crippen LogP contribution in [0.25, 0.3) is 0 Å². The summed E-state index contributed by atoms with van der Waals surface area (Å²) in [4.78, 5) is 14.7. The third kappa shape index (κ3) is 2.08. The molecule has 1 saturated carbocycles. The molecule has 100 valence electrons. The fraction of sp³-hybridized carbons (Fsp3) is 0.643. The fourth-order valence-electron chi connectivity index (χ4n) is 2.87. The van der Waals surface area contributed by atoms with Crippen molar-refractivity contribution in [3.63, 3.8) is 0 Å². The molecule has 2 atom stereocenters. The highest BCUT2D eigenvalue weighted by molar-refractivity contribution is 7.08. The predicted molar refractivity (Wildman–Crippen MR) is 76.0 cm³/mol. The molecule has 1 heterocycles. The second kappa shape index (κ2) is 5.41. The van der Waals surface area contributed by atoms with Crippen LogP contribution < -0.4 is 5.32 Å². The molecule has 0 aliphatic heterocycles. The number of hydrogen-bond acceptors (Lipinski definition) is 3. The van der Waals surface area contributed by atoms with Crippen molar-refractivity contribution in [1.29, 1.82) is 0 Å². The normalized spacial score (nSPS) is 26.1. The second-order valence-electron chi connectivity index (χ2n) is 4.92. The third-order valence-electron chi connectivity index (χ3n) is 4.02. The summed E-state index contributed by atoms with van der Waals surface area (Å²) in [6, 6.07) is 2.11. The molecule has 3 nitrogen and oxygen atoms in total. The van der Waals surface area contributed by atoms with Crippen molar-refractivity contribution in [1.82, 2.24) is 10.2 Å². The molecule has 1 aliphatic rings. The van der Waals surface area contributed by atoms with Gasteiger partial charge in [0.05, 0.1) is 5.41 Å². The van der Waals surface area contributed by atoms with Crippen LogP contribution >= 0.6 is 11.3 Å². The number of likely N-dealkylation sites (N-methyl/N-ethyl adjacent to an activating group) is 1. The van der Waals surface area contributed by atoms with Crippen molar-refractivity contribution in [2.75, 3.05) is 26.7 Å². The summed E-state index contributed by atoms with van der Waals surface area (Å²) in [7, 11) is 1.96. The lowest BCUT2D eigenvalue weighted by Crippen LogP contribution is -2.40. The van der Waals surface area contributed by atoms with E-state index in [2.05, 4.69) is 36.0 Å². The van der Waals surface area contributed by atoms with E-state index < -0.39 is 0 Å². The summed E-state index contributed by atoms with van der Waals surface area (Å²) in [6.45, 7) is 6.63. The minimum atomic E-state index is -0.241. The molecule has 1 aliphatic carbocycles. The van der Waals surface area contributed by atoms with Gasteiger partial charge in [-0.25, -0.2) is 0 Å². The zero-order valence-electron chi connectivity index (χ0n) is 11.4. The highest BCUT2D eigenvalue weighted by Gasteiger charge is 2.61. The first-order chi connectivity index (χ1) is 8.70. The maximum atomic E-state index is 12.8. The van der Waals surface area contributed by atoms with E-state index in [0.29, 0.717) is 11.8 Å². The summed E-state index contributed by atoms with van der Waals surface area (Å²) in [5.41, 5.74) is 0.972. The van der Waals surface area contributed by atoms with Gasteiger partial charge in [0, 0.05) is 13.1 Å². The van der Waals surface area contributed by atoms with Crippen LogP contribution in [0.5, 0.6) is 0 Å². The average molecular weight is 266 g/mol. The first-order valence-electron chi connectivity index (χ1n) is 6.67. The SMILES string of the molecule is CCN(CC)C(=O)[C@@]1(c2ccsc2)C[C@H]1CNC. The number of nitrogens with zero attached hydrogens (tertiary/aromatic N) is 1. The Hall–Kier alpha value is -0.870. The lowest BCUT2D eigenvalue weighted by Gasteiger charge is -2.25. The number of carbonyl (C=O) groups excluding carboxylic acids is 1. The van der Waals surface area contributed by atoms with Crippen LogP contribution in [-0.2, 0) is 10.2 Å². The molecule has 0 aromatic carbocycles. The number of amides is 1. The zero-order chi connectivity index (χ0) is 13.2. The first-order valence-corrected chi connectivity index (χ1v) is 7.61. The molecule has 0 bridgehead atoms. The molecule has 1 aromatic rings. The van der Waals surface area contributed by atoms with Gasteiger partial charge in [0.25, 0.3) is 0 Å². The standard InChI is InChI=1S/C14H22N2OS/c1-4-16(5-2)13(17)14(8-12(14)9-15-3)11-6-7-18-10-11/h6-7,10,12,15H,4-5,8-9H2,1-3H3/t12-,14+/m0/s1. The van der Waals surface area contributed by atoms with Gasteiger partial charge in [-0.3, -0.25) is 4.79 Å². The van der Waals surface area contributed by atoms with Crippen molar-refractivity contribution in [2.45, 2.75) is 25.7 Å². The summed E-state index contributed by atoms with van der Waals surface area (Å²) in [5, 5.41) is 7.42. The second-order valence-corrected chi connectivity index (χ2v) is 5.70. The third-order valence-corrected chi connectivity index (χ3v) is 4.71. The van der Waals surface area contributed by atoms with Crippen molar-refractivity contribution in [2.24, 2.45) is 5.92 Å². The van der Waals surface area contributed by atoms with Gasteiger partial charge in [-0.1, -0.05) is 0 Å². The summed E-state index contributed by atoms with van der Waals surface area (Å²) in [5.74, 6) is 0.761. The van der Waals surface area contributed by atoms with Gasteiger partial charge < -0.3 is 10.2 Å². The Balaban J connectivity index is 2.25. The Kier molecular flexibility index (Phi) is 4.07. The summed E-state index contributed by atoms with van der Waals surface area (Å²) in [6.07, 6.45) is 0.986. The summed E-state index contributed by atoms with van der Waals surface area (Å²) >= 11 is 1.68. The van der Waals surface area contributed by atoms with E-state index in [1.165, 1.54) is 5.56 Å². The lowest BCUT2D eigenvalue weighted by molar-refractivity contribution is -0.134. The van der Waals surface area contributed by atoms with E-state index in [0.717, 1.165) is 26.1 Å². The lowest BCUT2D eigenvalue weighted by atomic mass is 9.94. The van der Waals surface area contributed by atoms with Crippen LogP contribution in [0.3, 0.4) is 0 Å². The summed E-state index contributed by atoms with van der Waals surface area (Å²) < 4.78 is 0. The van der Waals surface area contributed by atoms with Gasteiger partial charge >= 0.3 is 0 Å². The van der Waals surface area contributed by atoms with Crippen LogP contribution in [0, 0.1) is 5.92 Å². The molecule has 0 saturated heterocycles. The number of rotatable bonds is 6. The first kappa shape index (κ1) is 13.6. The Bertz CT molecular complexity index is 400. The van der Waals surface area contributed by atoms with Crippen LogP contribution in [0.15, 0.2) is 16.8 Å². The Morgan fingerprint density at radius 1 is 1.56 bits per heavy atom. The van der Waals surface area contributed by atoms with E-state index in [1.54, 1.807) is 11.3 Å². The van der Waals surface area contributed by atoms with Crippen molar-refractivity contribution in [3.8, 4) is 0 Å². The van der Waals surface area contributed by atoms with Gasteiger partial charge in [-0.15, -0.1) is 0 Å². The maximum Gasteiger partial charge on any atom is 0.233 e. The Labute approximate surface area is 113 Å². The molecular formula is C14H22N2OS. The molecule has 1 amide bonds. The smallest absolute Gasteiger partial charge is 0.233 e. The molecule has 0 unspecified atom stereocenters. The minimum absolute atomic E-state index is 0.241. The molecule has 18 heavy (non-hydrogen) atoms. The van der Waals surface area contributed by atoms with Crippen LogP contribution in [-0.4, -0.2) is 37.5 Å². The quantitative estimate of drug-likeness (QED) is 0.855. The van der Waals surface area contributed by atoms with Crippen LogP contribution in [0.2, 0.25) is 0 Å². The molecule has 0 radical (unpaired) electrons. The molecule has 1 fully saturated rings. The number of hydrogen-bond donors (Lipinski definition) is 1. The zero-order valence-corrected chi connectivity index (χ0v) is 12.2. The van der Waals surface area contributed by atoms with E-state index in [1.807, 2.05) is 11.9 Å². The molecule has 0 spiro atoms. The van der Waals surface area contributed by atoms with Gasteiger partial charge in [0.2, 0.25) is 5.91 Å². The number of carbonyl (C=O) groups is 1. The topological polar surface area (TPSA) is 32.3 Å². The van der Waals surface area contributed by atoms with Crippen molar-refractivity contribution >= 4 is 17.2 Å². The van der Waals surface area contributed by atoms with E-state index in [4.69, 9.17) is 0 Å². The molecular weight excluding hydrogens is 244 g/mol. The molecule has 4 heteroatoms. The van der Waals surface area contributed by atoms with Gasteiger partial charge in [0.15, 0.2) is 0 Å². The largest absolute Gasteiger partial charge is 0.342 e. The highest BCUT2D eigenvalue weighted by atomic mass is 32.1. The fourth-order valence-corrected chi connectivity index (χ4v) is 3.61. The maximum absolute atomic E-state index is 12.8. The van der Waals surface area contributed by atoms with E-state index in [9.17, 15) is 4.79 Å². The monoisotopic (exact) mass is 266 g/mol. The van der Waals surface area contributed by atoms with E-state index >= 15 is 0 Å². The average Bonchev–Trinajstić information content (AvgIpc) is 2.86. The Morgan fingerprint density at radius 3 is 2.78 bits per heavy atom. The van der Waals surface area contributed by atoms with Gasteiger partial charge in [-0.2, -0.15) is 11.3 Å². The minimum Gasteiger partial charge on any atom is -0.342 e. The van der Waals surface area contributed by atoms with Crippen LogP contribution in [0.4, 0.5) is 0 Å². The highest BCUT2D eigenvalue weighted by Crippen LogP contribution is 2.55. The van der Waals surface area contributed by atoms with Gasteiger partial charge in [0.1, 0.15) is 0 Å². The van der Waals surface area contributed by atoms with Gasteiger partial charge in [-0.05, 0) is 62.2 Å². The van der Waals surface area contributed by atoms with E-state index in [-0.39, 0.29) is 5.41 Å². The van der Waals surface area contributed by atoms with Crippen molar-refractivity contribution < 1.29 is 4.79 Å². The Morgan fingerprint density at radius 2 is 2.28 bits per heavy atom. The molecule has 1 N–H and O–H groups in total. The number of thiophene rings is 1. The van der Waals surface area contributed by atoms with Crippen LogP contribution in [0.1, 0.15) is 25.8 Å². The van der Waals surface area contributed by atoms with Crippen molar-refractivity contribution in [3.05, 3.63) is 22.4 Å². The molecule has 1 aromatic heterocycles.